The molecule has 3 rings (SSSR count). The van der Waals surface area contributed by atoms with Gasteiger partial charge in [-0.25, -0.2) is 0 Å². The number of nitrogens with zero attached hydrogens (tertiary/aromatic N) is 1. The van der Waals surface area contributed by atoms with Crippen LogP contribution < -0.4 is 11.5 Å². The predicted molar refractivity (Wildman–Crippen MR) is 121 cm³/mol. The molecule has 1 heterocycles. The number of hydrogen-bond donors (Lipinski definition) is 2. The number of anilines is 2. The monoisotopic (exact) mass is 373 g/mol. The molecule has 0 aliphatic carbocycles. The summed E-state index contributed by atoms with van der Waals surface area (Å²) < 4.78 is 0. The summed E-state index contributed by atoms with van der Waals surface area (Å²) in [6, 6.07) is 16.5. The summed E-state index contributed by atoms with van der Waals surface area (Å²) in [5.74, 6) is 0. The van der Waals surface area contributed by atoms with Gasteiger partial charge in [0.05, 0.1) is 5.69 Å². The highest BCUT2D eigenvalue weighted by Crippen LogP contribution is 2.34. The van der Waals surface area contributed by atoms with Gasteiger partial charge in [0.25, 0.3) is 0 Å². The summed E-state index contributed by atoms with van der Waals surface area (Å²) in [5, 5.41) is 0. The van der Waals surface area contributed by atoms with Crippen LogP contribution in [-0.2, 0) is 10.8 Å². The molecule has 0 saturated carbocycles. The lowest BCUT2D eigenvalue weighted by Crippen LogP contribution is -2.11. The number of nitrogen functional groups attached to an aromatic ring is 2. The van der Waals surface area contributed by atoms with Crippen LogP contribution in [0.3, 0.4) is 0 Å². The second-order valence-corrected chi connectivity index (χ2v) is 9.54. The summed E-state index contributed by atoms with van der Waals surface area (Å²) >= 11 is 0. The minimum Gasteiger partial charge on any atom is -0.398 e. The Bertz CT molecular complexity index is 905. The van der Waals surface area contributed by atoms with Crippen molar-refractivity contribution in [2.75, 3.05) is 11.5 Å². The SMILES string of the molecule is CC(C)(C)c1ccc(N)c(-c2ccc(-c3cc(C(C)(C)C)ccc3N)nc2)c1. The molecule has 4 N–H and O–H groups in total. The molecule has 0 bridgehead atoms. The lowest BCUT2D eigenvalue weighted by atomic mass is 9.85. The van der Waals surface area contributed by atoms with Gasteiger partial charge in [-0.2, -0.15) is 0 Å². The number of hydrogen-bond acceptors (Lipinski definition) is 3. The van der Waals surface area contributed by atoms with Gasteiger partial charge < -0.3 is 11.5 Å². The smallest absolute Gasteiger partial charge is 0.0723 e. The van der Waals surface area contributed by atoms with Gasteiger partial charge in [-0.1, -0.05) is 59.7 Å². The average Bonchev–Trinajstić information content (AvgIpc) is 2.61. The highest BCUT2D eigenvalue weighted by atomic mass is 14.7. The van der Waals surface area contributed by atoms with Gasteiger partial charge in [0.2, 0.25) is 0 Å². The van der Waals surface area contributed by atoms with Crippen molar-refractivity contribution in [1.82, 2.24) is 4.98 Å². The maximum Gasteiger partial charge on any atom is 0.0723 e. The third-order valence-electron chi connectivity index (χ3n) is 5.19. The summed E-state index contributed by atoms with van der Waals surface area (Å²) in [6.45, 7) is 13.2. The van der Waals surface area contributed by atoms with Gasteiger partial charge in [-0.15, -0.1) is 0 Å². The summed E-state index contributed by atoms with van der Waals surface area (Å²) in [6.07, 6.45) is 1.89. The van der Waals surface area contributed by atoms with Crippen molar-refractivity contribution >= 4 is 11.4 Å². The summed E-state index contributed by atoms with van der Waals surface area (Å²) in [5.41, 5.74) is 20.5. The zero-order valence-electron chi connectivity index (χ0n) is 17.8. The van der Waals surface area contributed by atoms with Crippen LogP contribution in [0.15, 0.2) is 54.7 Å². The maximum absolute atomic E-state index is 6.26. The fraction of sp³-hybridized carbons (Fsp3) is 0.320. The van der Waals surface area contributed by atoms with Crippen LogP contribution >= 0.6 is 0 Å². The fourth-order valence-corrected chi connectivity index (χ4v) is 3.23. The first-order valence-corrected chi connectivity index (χ1v) is 9.73. The molecule has 2 aromatic carbocycles. The van der Waals surface area contributed by atoms with Crippen LogP contribution in [0.25, 0.3) is 22.4 Å². The maximum atomic E-state index is 6.26. The molecule has 0 aliphatic heterocycles. The molecule has 28 heavy (non-hydrogen) atoms. The van der Waals surface area contributed by atoms with E-state index in [0.29, 0.717) is 0 Å². The van der Waals surface area contributed by atoms with E-state index in [1.54, 1.807) is 0 Å². The largest absolute Gasteiger partial charge is 0.398 e. The van der Waals surface area contributed by atoms with E-state index in [2.05, 4.69) is 71.9 Å². The molecule has 0 amide bonds. The number of rotatable bonds is 2. The molecule has 0 spiro atoms. The molecular formula is C25H31N3. The third kappa shape index (κ3) is 4.04. The first kappa shape index (κ1) is 19.9. The van der Waals surface area contributed by atoms with E-state index in [-0.39, 0.29) is 10.8 Å². The van der Waals surface area contributed by atoms with Gasteiger partial charge >= 0.3 is 0 Å². The van der Waals surface area contributed by atoms with Crippen molar-refractivity contribution in [2.24, 2.45) is 0 Å². The Hall–Kier alpha value is -2.81. The van der Waals surface area contributed by atoms with E-state index >= 15 is 0 Å². The fourth-order valence-electron chi connectivity index (χ4n) is 3.23. The molecule has 1 aromatic heterocycles. The van der Waals surface area contributed by atoms with E-state index in [9.17, 15) is 0 Å². The van der Waals surface area contributed by atoms with Crippen molar-refractivity contribution in [2.45, 2.75) is 52.4 Å². The van der Waals surface area contributed by atoms with E-state index in [1.807, 2.05) is 24.4 Å². The number of nitrogens with two attached hydrogens (primary N) is 2. The third-order valence-corrected chi connectivity index (χ3v) is 5.19. The predicted octanol–water partition coefficient (Wildman–Crippen LogP) is 6.18. The zero-order chi connectivity index (χ0) is 20.7. The van der Waals surface area contributed by atoms with Gasteiger partial charge in [-0.05, 0) is 52.3 Å². The van der Waals surface area contributed by atoms with Crippen molar-refractivity contribution in [1.29, 1.82) is 0 Å². The Labute approximate surface area is 168 Å². The van der Waals surface area contributed by atoms with E-state index in [0.717, 1.165) is 33.8 Å². The highest BCUT2D eigenvalue weighted by Gasteiger charge is 2.17. The molecule has 0 aliphatic rings. The Morgan fingerprint density at radius 1 is 0.643 bits per heavy atom. The molecule has 0 unspecified atom stereocenters. The van der Waals surface area contributed by atoms with Crippen LogP contribution in [0.2, 0.25) is 0 Å². The van der Waals surface area contributed by atoms with Crippen molar-refractivity contribution in [3.63, 3.8) is 0 Å². The van der Waals surface area contributed by atoms with Crippen LogP contribution in [0.4, 0.5) is 11.4 Å². The second kappa shape index (κ2) is 6.97. The molecule has 3 aromatic rings. The van der Waals surface area contributed by atoms with E-state index in [4.69, 9.17) is 16.5 Å². The molecule has 146 valence electrons. The topological polar surface area (TPSA) is 64.9 Å². The summed E-state index contributed by atoms with van der Waals surface area (Å²) in [4.78, 5) is 4.71. The normalized spacial score (nSPS) is 12.2. The first-order chi connectivity index (χ1) is 13.0. The Morgan fingerprint density at radius 3 is 1.61 bits per heavy atom. The van der Waals surface area contributed by atoms with Gasteiger partial charge in [0.1, 0.15) is 0 Å². The van der Waals surface area contributed by atoms with Crippen LogP contribution in [0.5, 0.6) is 0 Å². The number of benzene rings is 2. The van der Waals surface area contributed by atoms with E-state index in [1.165, 1.54) is 11.1 Å². The lowest BCUT2D eigenvalue weighted by Gasteiger charge is -2.21. The minimum absolute atomic E-state index is 0.0598. The van der Waals surface area contributed by atoms with Crippen molar-refractivity contribution < 1.29 is 0 Å². The molecule has 3 nitrogen and oxygen atoms in total. The standard InChI is InChI=1S/C25H31N3/c1-24(2,3)17-8-10-21(26)19(13-17)16-7-12-23(28-15-16)20-14-18(25(4,5)6)9-11-22(20)27/h7-15H,26-27H2,1-6H3. The van der Waals surface area contributed by atoms with Gasteiger partial charge in [0.15, 0.2) is 0 Å². The Morgan fingerprint density at radius 2 is 1.14 bits per heavy atom. The number of pyridine rings is 1. The van der Waals surface area contributed by atoms with E-state index < -0.39 is 0 Å². The van der Waals surface area contributed by atoms with Gasteiger partial charge in [0, 0.05) is 34.3 Å². The quantitative estimate of drug-likeness (QED) is 0.528. The van der Waals surface area contributed by atoms with Crippen LogP contribution in [0.1, 0.15) is 52.7 Å². The second-order valence-electron chi connectivity index (χ2n) is 9.54. The molecule has 3 heteroatoms. The lowest BCUT2D eigenvalue weighted by molar-refractivity contribution is 0.590. The average molecular weight is 374 g/mol. The molecule has 0 radical (unpaired) electrons. The van der Waals surface area contributed by atoms with Crippen LogP contribution in [-0.4, -0.2) is 4.98 Å². The first-order valence-electron chi connectivity index (χ1n) is 9.73. The Balaban J connectivity index is 2.02. The molecule has 0 fully saturated rings. The molecule has 0 saturated heterocycles. The number of aromatic nitrogens is 1. The Kier molecular flexibility index (Phi) is 4.97. The van der Waals surface area contributed by atoms with Crippen LogP contribution in [0, 0.1) is 0 Å². The van der Waals surface area contributed by atoms with Crippen molar-refractivity contribution in [3.05, 3.63) is 65.9 Å². The summed E-state index contributed by atoms with van der Waals surface area (Å²) in [7, 11) is 0. The zero-order valence-corrected chi connectivity index (χ0v) is 17.8. The minimum atomic E-state index is 0.0598. The molecular weight excluding hydrogens is 342 g/mol. The van der Waals surface area contributed by atoms with Crippen molar-refractivity contribution in [3.8, 4) is 22.4 Å². The molecule has 0 atom stereocenters. The highest BCUT2D eigenvalue weighted by molar-refractivity contribution is 5.79. The van der Waals surface area contributed by atoms with Gasteiger partial charge in [-0.3, -0.25) is 4.98 Å².